The highest BCUT2D eigenvalue weighted by Crippen LogP contribution is 2.69. The van der Waals surface area contributed by atoms with Crippen molar-refractivity contribution in [3.8, 4) is 11.3 Å². The molecule has 0 unspecified atom stereocenters. The van der Waals surface area contributed by atoms with Gasteiger partial charge in [0.15, 0.2) is 5.78 Å². The lowest BCUT2D eigenvalue weighted by atomic mass is 9.66. The van der Waals surface area contributed by atoms with Crippen LogP contribution in [0.15, 0.2) is 36.7 Å². The SMILES string of the molecule is CC1(C)[C@@H]2CC[C@@]1(c1cncc(C(=O)CCCO)n1)c1nnc(-c3c(F)cccc3F)cc12. The molecule has 2 heterocycles. The zero-order valence-electron chi connectivity index (χ0n) is 18.5. The van der Waals surface area contributed by atoms with Crippen LogP contribution in [0.2, 0.25) is 0 Å². The third-order valence-electron chi connectivity index (χ3n) is 7.52. The predicted molar refractivity (Wildman–Crippen MR) is 117 cm³/mol. The van der Waals surface area contributed by atoms with Gasteiger partial charge < -0.3 is 5.11 Å². The number of carbonyl (C=O) groups is 1. The van der Waals surface area contributed by atoms with Crippen LogP contribution in [-0.2, 0) is 5.41 Å². The van der Waals surface area contributed by atoms with Crippen molar-refractivity contribution in [3.63, 3.8) is 0 Å². The first kappa shape index (κ1) is 21.7. The van der Waals surface area contributed by atoms with E-state index in [2.05, 4.69) is 29.0 Å². The Balaban J connectivity index is 1.63. The second kappa shape index (κ2) is 7.73. The van der Waals surface area contributed by atoms with Crippen molar-refractivity contribution in [2.75, 3.05) is 6.61 Å². The van der Waals surface area contributed by atoms with E-state index in [1.807, 2.05) is 0 Å². The van der Waals surface area contributed by atoms with Gasteiger partial charge in [-0.3, -0.25) is 9.78 Å². The normalized spacial score (nSPS) is 22.4. The number of nitrogens with zero attached hydrogens (tertiary/aromatic N) is 4. The second-order valence-electron chi connectivity index (χ2n) is 9.39. The van der Waals surface area contributed by atoms with Crippen LogP contribution in [0, 0.1) is 17.0 Å². The van der Waals surface area contributed by atoms with Crippen LogP contribution in [-0.4, -0.2) is 37.7 Å². The van der Waals surface area contributed by atoms with Gasteiger partial charge >= 0.3 is 0 Å². The molecule has 2 atom stereocenters. The summed E-state index contributed by atoms with van der Waals surface area (Å²) in [7, 11) is 0. The highest BCUT2D eigenvalue weighted by Gasteiger charge is 2.65. The van der Waals surface area contributed by atoms with Gasteiger partial charge in [0.2, 0.25) is 0 Å². The average molecular weight is 450 g/mol. The summed E-state index contributed by atoms with van der Waals surface area (Å²) in [6.07, 6.45) is 5.31. The van der Waals surface area contributed by atoms with E-state index < -0.39 is 17.0 Å². The van der Waals surface area contributed by atoms with Crippen LogP contribution in [0.1, 0.15) is 72.9 Å². The molecule has 1 fully saturated rings. The fourth-order valence-electron chi connectivity index (χ4n) is 5.83. The van der Waals surface area contributed by atoms with E-state index in [-0.39, 0.29) is 47.1 Å². The van der Waals surface area contributed by atoms with E-state index in [1.165, 1.54) is 24.4 Å². The standard InChI is InChI=1S/C25H24F2N4O2/c1-24(2)15-8-9-25(24,21-13-28-12-19(29-21)20(33)7-4-10-32)23-14(15)11-18(30-31-23)22-16(26)5-3-6-17(22)27/h3,5-6,11-13,15,32H,4,7-10H2,1-2H3/t15-,25-/m1/s1. The molecule has 170 valence electrons. The van der Waals surface area contributed by atoms with E-state index in [4.69, 9.17) is 10.1 Å². The Morgan fingerprint density at radius 3 is 2.67 bits per heavy atom. The number of aliphatic hydroxyl groups is 1. The predicted octanol–water partition coefficient (Wildman–Crippen LogP) is 4.37. The van der Waals surface area contributed by atoms with Crippen LogP contribution < -0.4 is 0 Å². The van der Waals surface area contributed by atoms with E-state index in [1.54, 1.807) is 12.3 Å². The van der Waals surface area contributed by atoms with Gasteiger partial charge in [-0.2, -0.15) is 5.10 Å². The summed E-state index contributed by atoms with van der Waals surface area (Å²) in [4.78, 5) is 21.5. The number of ketones is 1. The van der Waals surface area contributed by atoms with Gasteiger partial charge in [-0.25, -0.2) is 13.8 Å². The molecular weight excluding hydrogens is 426 g/mol. The topological polar surface area (TPSA) is 88.9 Å². The Hall–Kier alpha value is -3.13. The molecule has 6 nitrogen and oxygen atoms in total. The van der Waals surface area contributed by atoms with Gasteiger partial charge in [-0.05, 0) is 54.4 Å². The van der Waals surface area contributed by atoms with Gasteiger partial charge in [0.1, 0.15) is 17.3 Å². The van der Waals surface area contributed by atoms with E-state index in [0.717, 1.165) is 24.1 Å². The highest BCUT2D eigenvalue weighted by atomic mass is 19.1. The van der Waals surface area contributed by atoms with E-state index in [9.17, 15) is 13.6 Å². The van der Waals surface area contributed by atoms with Crippen molar-refractivity contribution >= 4 is 5.78 Å². The van der Waals surface area contributed by atoms with Crippen LogP contribution in [0.25, 0.3) is 11.3 Å². The lowest BCUT2D eigenvalue weighted by Crippen LogP contribution is -2.38. The molecule has 0 spiro atoms. The molecule has 33 heavy (non-hydrogen) atoms. The fourth-order valence-corrected chi connectivity index (χ4v) is 5.83. The van der Waals surface area contributed by atoms with Crippen molar-refractivity contribution in [2.45, 2.75) is 50.9 Å². The maximum absolute atomic E-state index is 14.4. The van der Waals surface area contributed by atoms with Crippen LogP contribution in [0.5, 0.6) is 0 Å². The second-order valence-corrected chi connectivity index (χ2v) is 9.39. The van der Waals surface area contributed by atoms with Gasteiger partial charge in [-0.1, -0.05) is 19.9 Å². The van der Waals surface area contributed by atoms with Crippen LogP contribution >= 0.6 is 0 Å². The minimum Gasteiger partial charge on any atom is -0.396 e. The number of aromatic nitrogens is 4. The number of hydrogen-bond acceptors (Lipinski definition) is 6. The molecule has 2 aliphatic rings. The van der Waals surface area contributed by atoms with Crippen molar-refractivity contribution in [2.24, 2.45) is 5.41 Å². The van der Waals surface area contributed by atoms with Crippen molar-refractivity contribution in [3.05, 3.63) is 70.9 Å². The largest absolute Gasteiger partial charge is 0.396 e. The third kappa shape index (κ3) is 3.04. The average Bonchev–Trinajstić information content (AvgIpc) is 3.18. The highest BCUT2D eigenvalue weighted by molar-refractivity contribution is 5.94. The summed E-state index contributed by atoms with van der Waals surface area (Å²) >= 11 is 0. The summed E-state index contributed by atoms with van der Waals surface area (Å²) in [6.45, 7) is 4.21. The zero-order chi connectivity index (χ0) is 23.4. The molecule has 0 saturated heterocycles. The van der Waals surface area contributed by atoms with Crippen molar-refractivity contribution < 1.29 is 18.7 Å². The van der Waals surface area contributed by atoms with Crippen LogP contribution in [0.3, 0.4) is 0 Å². The Morgan fingerprint density at radius 1 is 1.18 bits per heavy atom. The van der Waals surface area contributed by atoms with Gasteiger partial charge in [0.05, 0.1) is 34.3 Å². The summed E-state index contributed by atoms with van der Waals surface area (Å²) in [5.74, 6) is -1.42. The molecule has 2 aliphatic carbocycles. The van der Waals surface area contributed by atoms with Gasteiger partial charge in [-0.15, -0.1) is 5.10 Å². The number of Topliss-reactive ketones (excluding diaryl/α,β-unsaturated/α-hetero) is 1. The molecule has 2 aromatic heterocycles. The summed E-state index contributed by atoms with van der Waals surface area (Å²) in [6, 6.07) is 5.49. The van der Waals surface area contributed by atoms with E-state index >= 15 is 0 Å². The number of benzene rings is 1. The molecule has 1 N–H and O–H groups in total. The summed E-state index contributed by atoms with van der Waals surface area (Å²) < 4.78 is 28.8. The Bertz CT molecular complexity index is 1240. The molecule has 8 heteroatoms. The van der Waals surface area contributed by atoms with Crippen molar-refractivity contribution in [1.82, 2.24) is 20.2 Å². The molecule has 5 rings (SSSR count). The van der Waals surface area contributed by atoms with E-state index in [0.29, 0.717) is 12.1 Å². The number of rotatable bonds is 6. The molecule has 0 aliphatic heterocycles. The number of aliphatic hydroxyl groups excluding tert-OH is 1. The Morgan fingerprint density at radius 2 is 1.94 bits per heavy atom. The third-order valence-corrected chi connectivity index (χ3v) is 7.52. The Labute approximate surface area is 190 Å². The molecule has 3 aromatic rings. The molecular formula is C25H24F2N4O2. The summed E-state index contributed by atoms with van der Waals surface area (Å²) in [5.41, 5.74) is 1.64. The maximum Gasteiger partial charge on any atom is 0.182 e. The summed E-state index contributed by atoms with van der Waals surface area (Å²) in [5, 5.41) is 17.8. The number of carbonyl (C=O) groups excluding carboxylic acids is 1. The van der Waals surface area contributed by atoms with Crippen molar-refractivity contribution in [1.29, 1.82) is 0 Å². The van der Waals surface area contributed by atoms with Crippen LogP contribution in [0.4, 0.5) is 8.78 Å². The Kier molecular flexibility index (Phi) is 5.08. The smallest absolute Gasteiger partial charge is 0.182 e. The lowest BCUT2D eigenvalue weighted by molar-refractivity contribution is 0.0965. The first-order valence-electron chi connectivity index (χ1n) is 11.1. The monoisotopic (exact) mass is 450 g/mol. The van der Waals surface area contributed by atoms with Gasteiger partial charge in [0, 0.05) is 19.2 Å². The lowest BCUT2D eigenvalue weighted by Gasteiger charge is -2.37. The molecule has 0 amide bonds. The molecule has 1 saturated carbocycles. The zero-order valence-corrected chi connectivity index (χ0v) is 18.5. The molecule has 2 bridgehead atoms. The molecule has 0 radical (unpaired) electrons. The first-order chi connectivity index (χ1) is 15.8. The van der Waals surface area contributed by atoms with Gasteiger partial charge in [0.25, 0.3) is 0 Å². The first-order valence-corrected chi connectivity index (χ1v) is 11.1. The number of fused-ring (bicyclic) bond motifs is 5. The number of hydrogen-bond donors (Lipinski definition) is 1. The molecule has 1 aromatic carbocycles. The number of halogens is 2. The fraction of sp³-hybridized carbons (Fsp3) is 0.400. The minimum absolute atomic E-state index is 0.0641. The quantitative estimate of drug-likeness (QED) is 0.561. The maximum atomic E-state index is 14.4. The minimum atomic E-state index is -0.679.